The zero-order chi connectivity index (χ0) is 15.5. The van der Waals surface area contributed by atoms with Gasteiger partial charge in [-0.1, -0.05) is 37.3 Å². The molecule has 0 aliphatic heterocycles. The molecule has 22 heavy (non-hydrogen) atoms. The van der Waals surface area contributed by atoms with Gasteiger partial charge in [0.2, 0.25) is 0 Å². The van der Waals surface area contributed by atoms with Gasteiger partial charge >= 0.3 is 0 Å². The van der Waals surface area contributed by atoms with Gasteiger partial charge in [0.1, 0.15) is 5.69 Å². The quantitative estimate of drug-likeness (QED) is 0.680. The lowest BCUT2D eigenvalue weighted by Gasteiger charge is -2.08. The summed E-state index contributed by atoms with van der Waals surface area (Å²) in [5.74, 6) is 0. The van der Waals surface area contributed by atoms with Crippen molar-refractivity contribution in [3.63, 3.8) is 0 Å². The van der Waals surface area contributed by atoms with Gasteiger partial charge in [-0.25, -0.2) is 4.98 Å². The number of nitrogens with zero attached hydrogens (tertiary/aromatic N) is 1. The summed E-state index contributed by atoms with van der Waals surface area (Å²) in [5, 5.41) is 0.852. The Hall–Kier alpha value is -2.81. The van der Waals surface area contributed by atoms with Crippen LogP contribution in [0.3, 0.4) is 0 Å². The van der Waals surface area contributed by atoms with E-state index >= 15 is 0 Å². The van der Waals surface area contributed by atoms with Crippen LogP contribution in [0.5, 0.6) is 0 Å². The van der Waals surface area contributed by atoms with Crippen LogP contribution in [0.25, 0.3) is 22.0 Å². The number of aromatic nitrogens is 1. The highest BCUT2D eigenvalue weighted by Crippen LogP contribution is 2.26. The first-order valence-electron chi connectivity index (χ1n) is 7.19. The third-order valence-corrected chi connectivity index (χ3v) is 3.79. The van der Waals surface area contributed by atoms with E-state index in [9.17, 15) is 9.59 Å². The van der Waals surface area contributed by atoms with Gasteiger partial charge in [0.25, 0.3) is 0 Å². The minimum absolute atomic E-state index is 0.329. The molecule has 3 nitrogen and oxygen atoms in total. The molecule has 0 amide bonds. The first-order valence-corrected chi connectivity index (χ1v) is 7.19. The van der Waals surface area contributed by atoms with Crippen molar-refractivity contribution in [1.29, 1.82) is 0 Å². The van der Waals surface area contributed by atoms with Crippen molar-refractivity contribution in [2.75, 3.05) is 0 Å². The zero-order valence-corrected chi connectivity index (χ0v) is 12.2. The Morgan fingerprint density at radius 3 is 2.32 bits per heavy atom. The molecule has 3 rings (SSSR count). The van der Waals surface area contributed by atoms with Crippen LogP contribution >= 0.6 is 0 Å². The number of carbonyl (C=O) groups excluding carboxylic acids is 2. The van der Waals surface area contributed by atoms with Crippen molar-refractivity contribution in [3.8, 4) is 11.1 Å². The van der Waals surface area contributed by atoms with Crippen molar-refractivity contribution in [2.45, 2.75) is 13.3 Å². The second kappa shape index (κ2) is 5.90. The van der Waals surface area contributed by atoms with E-state index in [0.29, 0.717) is 23.1 Å². The number of aldehydes is 2. The predicted molar refractivity (Wildman–Crippen MR) is 87.3 cm³/mol. The molecule has 0 unspecified atom stereocenters. The van der Waals surface area contributed by atoms with Crippen LogP contribution < -0.4 is 0 Å². The van der Waals surface area contributed by atoms with Gasteiger partial charge in [-0.05, 0) is 41.3 Å². The maximum Gasteiger partial charge on any atom is 0.168 e. The second-order valence-corrected chi connectivity index (χ2v) is 5.16. The lowest BCUT2D eigenvalue weighted by Crippen LogP contribution is -1.93. The number of hydrogen-bond donors (Lipinski definition) is 0. The molecule has 0 radical (unpaired) electrons. The van der Waals surface area contributed by atoms with Gasteiger partial charge < -0.3 is 0 Å². The molecule has 0 aliphatic rings. The summed E-state index contributed by atoms with van der Waals surface area (Å²) >= 11 is 0. The zero-order valence-electron chi connectivity index (χ0n) is 12.2. The Morgan fingerprint density at radius 2 is 1.68 bits per heavy atom. The summed E-state index contributed by atoms with van der Waals surface area (Å²) in [6.45, 7) is 2.12. The van der Waals surface area contributed by atoms with E-state index in [1.54, 1.807) is 6.07 Å². The normalized spacial score (nSPS) is 10.6. The van der Waals surface area contributed by atoms with Gasteiger partial charge in [-0.15, -0.1) is 0 Å². The second-order valence-electron chi connectivity index (χ2n) is 5.16. The van der Waals surface area contributed by atoms with Gasteiger partial charge in [0, 0.05) is 10.9 Å². The molecule has 1 heterocycles. The number of carbonyl (C=O) groups is 2. The van der Waals surface area contributed by atoms with Crippen molar-refractivity contribution >= 4 is 23.5 Å². The Bertz CT molecular complexity index is 851. The summed E-state index contributed by atoms with van der Waals surface area (Å²) in [5.41, 5.74) is 4.69. The topological polar surface area (TPSA) is 47.0 Å². The highest BCUT2D eigenvalue weighted by Gasteiger charge is 2.08. The van der Waals surface area contributed by atoms with E-state index in [1.807, 2.05) is 18.2 Å². The number of hydrogen-bond acceptors (Lipinski definition) is 3. The number of rotatable bonds is 4. The lowest BCUT2D eigenvalue weighted by atomic mass is 9.98. The highest BCUT2D eigenvalue weighted by molar-refractivity contribution is 5.99. The molecule has 0 saturated carbocycles. The summed E-state index contributed by atoms with van der Waals surface area (Å²) < 4.78 is 0. The monoisotopic (exact) mass is 289 g/mol. The molecule has 0 atom stereocenters. The van der Waals surface area contributed by atoms with Crippen LogP contribution in [-0.4, -0.2) is 17.6 Å². The van der Waals surface area contributed by atoms with Crippen molar-refractivity contribution < 1.29 is 9.59 Å². The van der Waals surface area contributed by atoms with Gasteiger partial charge in [0.15, 0.2) is 12.6 Å². The summed E-state index contributed by atoms with van der Waals surface area (Å²) in [6.07, 6.45) is 2.47. The smallest absolute Gasteiger partial charge is 0.168 e. The average Bonchev–Trinajstić information content (AvgIpc) is 2.60. The van der Waals surface area contributed by atoms with Crippen molar-refractivity contribution in [3.05, 3.63) is 65.4 Å². The Morgan fingerprint density at radius 1 is 0.909 bits per heavy atom. The third kappa shape index (κ3) is 2.53. The Kier molecular flexibility index (Phi) is 3.79. The molecule has 0 bridgehead atoms. The fourth-order valence-electron chi connectivity index (χ4n) is 2.53. The third-order valence-electron chi connectivity index (χ3n) is 3.79. The van der Waals surface area contributed by atoms with Crippen LogP contribution in [0.2, 0.25) is 0 Å². The fraction of sp³-hybridized carbons (Fsp3) is 0.105. The minimum Gasteiger partial charge on any atom is -0.298 e. The van der Waals surface area contributed by atoms with Crippen molar-refractivity contribution in [2.24, 2.45) is 0 Å². The molecule has 0 fully saturated rings. The number of fused-ring (bicyclic) bond motifs is 1. The van der Waals surface area contributed by atoms with Gasteiger partial charge in [0.05, 0.1) is 5.52 Å². The molecular weight excluding hydrogens is 274 g/mol. The molecular formula is C19H15NO2. The summed E-state index contributed by atoms with van der Waals surface area (Å²) in [4.78, 5) is 26.5. The molecule has 108 valence electrons. The maximum absolute atomic E-state index is 11.4. The standard InChI is InChI=1S/C19H15NO2/c1-2-13-3-5-14(6-4-13)16-9-15-7-8-18(12-22)20-19(15)17(10-16)11-21/h3-12H,2H2,1H3. The maximum atomic E-state index is 11.4. The number of aryl methyl sites for hydroxylation is 1. The minimum atomic E-state index is 0.329. The van der Waals surface area contributed by atoms with Crippen LogP contribution in [0.15, 0.2) is 48.5 Å². The van der Waals surface area contributed by atoms with Crippen LogP contribution in [0, 0.1) is 0 Å². The first-order chi connectivity index (χ1) is 10.7. The van der Waals surface area contributed by atoms with Crippen LogP contribution in [-0.2, 0) is 6.42 Å². The molecule has 0 N–H and O–H groups in total. The highest BCUT2D eigenvalue weighted by atomic mass is 16.1. The molecule has 3 aromatic rings. The summed E-state index contributed by atoms with van der Waals surface area (Å²) in [7, 11) is 0. The Labute approximate surface area is 128 Å². The average molecular weight is 289 g/mol. The molecule has 3 heteroatoms. The van der Waals surface area contributed by atoms with Crippen molar-refractivity contribution in [1.82, 2.24) is 4.98 Å². The molecule has 0 aliphatic carbocycles. The summed E-state index contributed by atoms with van der Waals surface area (Å²) in [6, 6.07) is 15.6. The van der Waals surface area contributed by atoms with E-state index in [2.05, 4.69) is 36.2 Å². The van der Waals surface area contributed by atoms with E-state index in [0.717, 1.165) is 29.2 Å². The first kappa shape index (κ1) is 14.1. The number of pyridine rings is 1. The van der Waals surface area contributed by atoms with E-state index < -0.39 is 0 Å². The lowest BCUT2D eigenvalue weighted by molar-refractivity contribution is 0.111. The van der Waals surface area contributed by atoms with E-state index in [4.69, 9.17) is 0 Å². The molecule has 1 aromatic heterocycles. The fourth-order valence-corrected chi connectivity index (χ4v) is 2.53. The van der Waals surface area contributed by atoms with Crippen LogP contribution in [0.4, 0.5) is 0 Å². The number of benzene rings is 2. The van der Waals surface area contributed by atoms with E-state index in [1.165, 1.54) is 5.56 Å². The Balaban J connectivity index is 2.18. The molecule has 0 spiro atoms. The predicted octanol–water partition coefficient (Wildman–Crippen LogP) is 4.09. The van der Waals surface area contributed by atoms with Gasteiger partial charge in [-0.2, -0.15) is 0 Å². The SMILES string of the molecule is CCc1ccc(-c2cc(C=O)c3nc(C=O)ccc3c2)cc1. The molecule has 2 aromatic carbocycles. The molecule has 0 saturated heterocycles. The van der Waals surface area contributed by atoms with Crippen LogP contribution in [0.1, 0.15) is 33.3 Å². The van der Waals surface area contributed by atoms with Gasteiger partial charge in [-0.3, -0.25) is 9.59 Å². The van der Waals surface area contributed by atoms with E-state index in [-0.39, 0.29) is 0 Å². The largest absolute Gasteiger partial charge is 0.298 e.